The largest absolute Gasteiger partial charge is 0.454 e. The van der Waals surface area contributed by atoms with E-state index in [1.165, 1.54) is 48.8 Å². The monoisotopic (exact) mass is 466 g/mol. The molecule has 12 heteroatoms. The maximum atomic E-state index is 12.6. The van der Waals surface area contributed by atoms with E-state index >= 15 is 0 Å². The molecule has 0 atom stereocenters. The van der Waals surface area contributed by atoms with Crippen LogP contribution in [0.2, 0.25) is 10.0 Å². The second kappa shape index (κ2) is 8.66. The number of hydrogen-bond acceptors (Lipinski definition) is 6. The molecule has 0 aliphatic heterocycles. The van der Waals surface area contributed by atoms with Crippen molar-refractivity contribution in [2.45, 2.75) is 4.90 Å². The third kappa shape index (κ3) is 4.85. The molecule has 0 radical (unpaired) electrons. The van der Waals surface area contributed by atoms with E-state index in [1.807, 2.05) is 0 Å². The molecule has 0 aliphatic rings. The zero-order valence-electron chi connectivity index (χ0n) is 14.9. The molecule has 154 valence electrons. The summed E-state index contributed by atoms with van der Waals surface area (Å²) in [7, 11) is -4.21. The van der Waals surface area contributed by atoms with Gasteiger partial charge in [0.05, 0.1) is 19.9 Å². The van der Waals surface area contributed by atoms with Gasteiger partial charge in [-0.25, -0.2) is 0 Å². The van der Waals surface area contributed by atoms with Gasteiger partial charge >= 0.3 is 0 Å². The third-order valence-electron chi connectivity index (χ3n) is 3.73. The Morgan fingerprint density at radius 1 is 1.07 bits per heavy atom. The van der Waals surface area contributed by atoms with Crippen molar-refractivity contribution >= 4 is 44.7 Å². The molecule has 0 fully saturated rings. The van der Waals surface area contributed by atoms with Gasteiger partial charge in [-0.3, -0.25) is 15.1 Å². The van der Waals surface area contributed by atoms with Crippen LogP contribution in [0, 0.1) is 10.1 Å². The molecule has 1 aromatic heterocycles. The number of halogens is 2. The lowest BCUT2D eigenvalue weighted by atomic mass is 10.2. The molecule has 1 heterocycles. The van der Waals surface area contributed by atoms with Gasteiger partial charge < -0.3 is 10.5 Å². The number of non-ortho nitro benzene ring substituents is 1. The van der Waals surface area contributed by atoms with E-state index in [-0.39, 0.29) is 38.0 Å². The SMILES string of the molecule is NC(=NS(=O)(=O)c1cc(Cl)c(Oc2ccc([N+](=O)[O-])cc2)c(Cl)c1)c1ccncc1. The Balaban J connectivity index is 1.91. The number of nitrogens with zero attached hydrogens (tertiary/aromatic N) is 3. The Labute approximate surface area is 180 Å². The standard InChI is InChI=1S/C18H12Cl2N4O5S/c19-15-9-14(30(27,28)23-18(21)11-5-7-22-8-6-11)10-16(20)17(15)29-13-3-1-12(2-4-13)24(25)26/h1-10H,(H2,21,23). The lowest BCUT2D eigenvalue weighted by Crippen LogP contribution is -2.16. The minimum absolute atomic E-state index is 0.0165. The number of amidine groups is 1. The van der Waals surface area contributed by atoms with E-state index in [0.29, 0.717) is 5.56 Å². The molecule has 0 aliphatic carbocycles. The number of nitro groups is 1. The van der Waals surface area contributed by atoms with Crippen LogP contribution >= 0.6 is 23.2 Å². The highest BCUT2D eigenvalue weighted by molar-refractivity contribution is 7.90. The van der Waals surface area contributed by atoms with Gasteiger partial charge in [0.2, 0.25) is 0 Å². The van der Waals surface area contributed by atoms with Crippen molar-refractivity contribution in [3.8, 4) is 11.5 Å². The average Bonchev–Trinajstić information content (AvgIpc) is 2.71. The number of ether oxygens (including phenoxy) is 1. The normalized spacial score (nSPS) is 11.9. The molecule has 0 unspecified atom stereocenters. The van der Waals surface area contributed by atoms with Gasteiger partial charge in [-0.1, -0.05) is 23.2 Å². The van der Waals surface area contributed by atoms with Crippen LogP contribution in [0.3, 0.4) is 0 Å². The van der Waals surface area contributed by atoms with Crippen LogP contribution in [-0.2, 0) is 10.0 Å². The molecular formula is C18H12Cl2N4O5S. The van der Waals surface area contributed by atoms with E-state index in [2.05, 4.69) is 9.38 Å². The lowest BCUT2D eigenvalue weighted by Gasteiger charge is -2.11. The zero-order valence-corrected chi connectivity index (χ0v) is 17.2. The fourth-order valence-corrected chi connectivity index (χ4v) is 3.99. The molecule has 0 saturated heterocycles. The second-order valence-corrected chi connectivity index (χ2v) is 8.18. The number of aromatic nitrogens is 1. The highest BCUT2D eigenvalue weighted by Crippen LogP contribution is 2.39. The molecule has 30 heavy (non-hydrogen) atoms. The first-order valence-corrected chi connectivity index (χ1v) is 10.3. The van der Waals surface area contributed by atoms with Crippen molar-refractivity contribution in [1.82, 2.24) is 4.98 Å². The smallest absolute Gasteiger partial charge is 0.284 e. The number of benzene rings is 2. The van der Waals surface area contributed by atoms with Crippen LogP contribution in [-0.4, -0.2) is 24.2 Å². The lowest BCUT2D eigenvalue weighted by molar-refractivity contribution is -0.384. The van der Waals surface area contributed by atoms with E-state index < -0.39 is 14.9 Å². The molecule has 3 rings (SSSR count). The first-order valence-electron chi connectivity index (χ1n) is 8.09. The van der Waals surface area contributed by atoms with Crippen molar-refractivity contribution in [2.75, 3.05) is 0 Å². The molecular weight excluding hydrogens is 455 g/mol. The first kappa shape index (κ1) is 21.5. The van der Waals surface area contributed by atoms with Crippen LogP contribution in [0.1, 0.15) is 5.56 Å². The molecule has 0 spiro atoms. The van der Waals surface area contributed by atoms with Crippen molar-refractivity contribution in [2.24, 2.45) is 10.1 Å². The van der Waals surface area contributed by atoms with E-state index in [1.54, 1.807) is 0 Å². The number of rotatable bonds is 6. The number of hydrogen-bond donors (Lipinski definition) is 1. The number of sulfonamides is 1. The Bertz CT molecular complexity index is 1210. The van der Waals surface area contributed by atoms with Gasteiger partial charge in [0.25, 0.3) is 15.7 Å². The summed E-state index contributed by atoms with van der Waals surface area (Å²) in [6, 6.07) is 10.5. The molecule has 9 nitrogen and oxygen atoms in total. The highest BCUT2D eigenvalue weighted by Gasteiger charge is 2.20. The molecule has 0 amide bonds. The third-order valence-corrected chi connectivity index (χ3v) is 5.56. The zero-order chi connectivity index (χ0) is 21.9. The Hall–Kier alpha value is -3.21. The van der Waals surface area contributed by atoms with Crippen LogP contribution in [0.5, 0.6) is 11.5 Å². The summed E-state index contributed by atoms with van der Waals surface area (Å²) in [5, 5.41) is 10.5. The van der Waals surface area contributed by atoms with Gasteiger partial charge in [0, 0.05) is 30.1 Å². The molecule has 2 N–H and O–H groups in total. The Kier molecular flexibility index (Phi) is 6.20. The topological polar surface area (TPSA) is 138 Å². The number of nitrogens with two attached hydrogens (primary N) is 1. The maximum absolute atomic E-state index is 12.6. The molecule has 0 bridgehead atoms. The predicted octanol–water partition coefficient (Wildman–Crippen LogP) is 4.18. The molecule has 2 aromatic carbocycles. The van der Waals surface area contributed by atoms with E-state index in [9.17, 15) is 18.5 Å². The summed E-state index contributed by atoms with van der Waals surface area (Å²) >= 11 is 12.3. The van der Waals surface area contributed by atoms with E-state index in [0.717, 1.165) is 12.1 Å². The average molecular weight is 467 g/mol. The van der Waals surface area contributed by atoms with Crippen LogP contribution in [0.4, 0.5) is 5.69 Å². The van der Waals surface area contributed by atoms with Crippen LogP contribution in [0.15, 0.2) is 70.2 Å². The minimum atomic E-state index is -4.21. The quantitative estimate of drug-likeness (QED) is 0.248. The van der Waals surface area contributed by atoms with Crippen molar-refractivity contribution < 1.29 is 18.1 Å². The van der Waals surface area contributed by atoms with Crippen molar-refractivity contribution in [3.05, 3.63) is 86.6 Å². The summed E-state index contributed by atoms with van der Waals surface area (Å²) in [6.45, 7) is 0. The van der Waals surface area contributed by atoms with Crippen LogP contribution < -0.4 is 10.5 Å². The molecule has 3 aromatic rings. The Morgan fingerprint density at radius 2 is 1.63 bits per heavy atom. The van der Waals surface area contributed by atoms with Gasteiger partial charge in [0.1, 0.15) is 11.6 Å². The highest BCUT2D eigenvalue weighted by atomic mass is 35.5. The summed E-state index contributed by atoms with van der Waals surface area (Å²) in [6.07, 6.45) is 2.89. The van der Waals surface area contributed by atoms with Gasteiger partial charge in [-0.15, -0.1) is 4.40 Å². The number of nitro benzene ring substituents is 1. The Morgan fingerprint density at radius 3 is 2.17 bits per heavy atom. The van der Waals surface area contributed by atoms with Crippen molar-refractivity contribution in [1.29, 1.82) is 0 Å². The predicted molar refractivity (Wildman–Crippen MR) is 112 cm³/mol. The summed E-state index contributed by atoms with van der Waals surface area (Å²) in [4.78, 5) is 13.7. The van der Waals surface area contributed by atoms with Gasteiger partial charge in [0.15, 0.2) is 5.75 Å². The molecule has 0 saturated carbocycles. The minimum Gasteiger partial charge on any atom is -0.454 e. The number of pyridine rings is 1. The van der Waals surface area contributed by atoms with E-state index in [4.69, 9.17) is 33.7 Å². The summed E-state index contributed by atoms with van der Waals surface area (Å²) in [5.41, 5.74) is 6.02. The summed E-state index contributed by atoms with van der Waals surface area (Å²) < 4.78 is 34.3. The van der Waals surface area contributed by atoms with Crippen LogP contribution in [0.25, 0.3) is 0 Å². The fraction of sp³-hybridized carbons (Fsp3) is 0. The first-order chi connectivity index (χ1) is 14.2. The summed E-state index contributed by atoms with van der Waals surface area (Å²) in [5.74, 6) is -0.0203. The van der Waals surface area contributed by atoms with Crippen molar-refractivity contribution in [3.63, 3.8) is 0 Å². The fourth-order valence-electron chi connectivity index (χ4n) is 2.29. The maximum Gasteiger partial charge on any atom is 0.284 e. The van der Waals surface area contributed by atoms with Gasteiger partial charge in [-0.2, -0.15) is 8.42 Å². The van der Waals surface area contributed by atoms with Gasteiger partial charge in [-0.05, 0) is 36.4 Å². The second-order valence-electron chi connectivity index (χ2n) is 5.76.